The number of allylic oxidation sites excluding steroid dienone is 3. The molecule has 0 bridgehead atoms. The molecule has 0 unspecified atom stereocenters. The number of hydrogen-bond acceptors (Lipinski definition) is 4. The van der Waals surface area contributed by atoms with Crippen LogP contribution >= 0.6 is 12.2 Å². The molecule has 228 valence electrons. The summed E-state index contributed by atoms with van der Waals surface area (Å²) in [7, 11) is 3.22. The van der Waals surface area contributed by atoms with E-state index in [1.807, 2.05) is 6.08 Å². The second kappa shape index (κ2) is 9.60. The Morgan fingerprint density at radius 2 is 1.20 bits per heavy atom. The second-order valence-corrected chi connectivity index (χ2v) is 14.2. The molecule has 46 heavy (non-hydrogen) atoms. The minimum atomic E-state index is -0.388. The highest BCUT2D eigenvalue weighted by atomic mass is 32.1. The number of fused-ring (bicyclic) bond motifs is 7. The second-order valence-electron chi connectivity index (χ2n) is 13.9. The average molecular weight is 622 g/mol. The van der Waals surface area contributed by atoms with E-state index in [4.69, 9.17) is 12.2 Å². The average Bonchev–Trinajstić information content (AvgIpc) is 3.61. The van der Waals surface area contributed by atoms with Crippen LogP contribution in [-0.4, -0.2) is 40.8 Å². The molecule has 0 saturated carbocycles. The number of benzene rings is 4. The van der Waals surface area contributed by atoms with E-state index < -0.39 is 0 Å². The first-order valence-electron chi connectivity index (χ1n) is 15.7. The Labute approximate surface area is 275 Å². The van der Waals surface area contributed by atoms with E-state index in [0.717, 1.165) is 17.1 Å². The molecule has 0 N–H and O–H groups in total. The van der Waals surface area contributed by atoms with Gasteiger partial charge in [0.2, 0.25) is 0 Å². The van der Waals surface area contributed by atoms with E-state index in [0.29, 0.717) is 6.42 Å². The summed E-state index contributed by atoms with van der Waals surface area (Å²) < 4.78 is 0. The zero-order valence-corrected chi connectivity index (χ0v) is 27.8. The smallest absolute Gasteiger partial charge is 0.265 e. The molecule has 2 aliphatic heterocycles. The molecule has 0 aromatic heterocycles. The third kappa shape index (κ3) is 3.77. The molecule has 4 aliphatic rings. The molecular formula is C40H35N3O2S. The Bertz CT molecular complexity index is 2110. The summed E-state index contributed by atoms with van der Waals surface area (Å²) in [5, 5.41) is 0.203. The first-order valence-corrected chi connectivity index (χ1v) is 16.1. The molecule has 2 amide bonds. The zero-order valence-electron chi connectivity index (χ0n) is 26.9. The quantitative estimate of drug-likeness (QED) is 0.129. The molecule has 1 fully saturated rings. The number of rotatable bonds is 2. The van der Waals surface area contributed by atoms with Gasteiger partial charge in [-0.3, -0.25) is 19.4 Å². The molecule has 0 radical (unpaired) electrons. The molecule has 5 nitrogen and oxygen atoms in total. The Morgan fingerprint density at radius 1 is 0.652 bits per heavy atom. The van der Waals surface area contributed by atoms with Crippen LogP contribution in [0.15, 0.2) is 102 Å². The van der Waals surface area contributed by atoms with Gasteiger partial charge < -0.3 is 4.90 Å². The van der Waals surface area contributed by atoms with Crippen LogP contribution < -0.4 is 4.90 Å². The first-order chi connectivity index (χ1) is 21.9. The summed E-state index contributed by atoms with van der Waals surface area (Å²) in [6, 6.07) is 28.9. The predicted molar refractivity (Wildman–Crippen MR) is 188 cm³/mol. The van der Waals surface area contributed by atoms with Gasteiger partial charge in [-0.1, -0.05) is 82.3 Å². The van der Waals surface area contributed by atoms with Crippen molar-refractivity contribution in [2.24, 2.45) is 0 Å². The van der Waals surface area contributed by atoms with Crippen LogP contribution in [-0.2, 0) is 26.8 Å². The lowest BCUT2D eigenvalue weighted by molar-refractivity contribution is -0.132. The monoisotopic (exact) mass is 621 g/mol. The van der Waals surface area contributed by atoms with Crippen LogP contribution in [0.2, 0.25) is 0 Å². The zero-order chi connectivity index (χ0) is 32.3. The van der Waals surface area contributed by atoms with Gasteiger partial charge in [0.1, 0.15) is 5.57 Å². The summed E-state index contributed by atoms with van der Waals surface area (Å²) in [6.07, 6.45) is 4.29. The minimum absolute atomic E-state index is 0.102. The van der Waals surface area contributed by atoms with Crippen molar-refractivity contribution in [2.75, 3.05) is 19.0 Å². The molecule has 0 atom stereocenters. The van der Waals surface area contributed by atoms with Crippen molar-refractivity contribution >= 4 is 40.5 Å². The van der Waals surface area contributed by atoms with Gasteiger partial charge in [0.05, 0.1) is 0 Å². The molecule has 0 spiro atoms. The van der Waals surface area contributed by atoms with Gasteiger partial charge in [0.25, 0.3) is 11.8 Å². The van der Waals surface area contributed by atoms with Crippen molar-refractivity contribution in [1.82, 2.24) is 9.80 Å². The third-order valence-electron chi connectivity index (χ3n) is 10.6. The fourth-order valence-corrected chi connectivity index (χ4v) is 8.17. The largest absolute Gasteiger partial charge is 0.314 e. The van der Waals surface area contributed by atoms with Crippen LogP contribution in [0.1, 0.15) is 55.5 Å². The maximum Gasteiger partial charge on any atom is 0.265 e. The van der Waals surface area contributed by atoms with Crippen LogP contribution in [0, 0.1) is 0 Å². The van der Waals surface area contributed by atoms with Gasteiger partial charge in [-0.15, -0.1) is 0 Å². The number of thiocarbonyl (C=S) groups is 1. The number of hydrogen-bond donors (Lipinski definition) is 0. The van der Waals surface area contributed by atoms with E-state index in [1.165, 1.54) is 59.9 Å². The Hall–Kier alpha value is -4.81. The fraction of sp³-hybridized carbons (Fsp3) is 0.225. The molecule has 2 heterocycles. The summed E-state index contributed by atoms with van der Waals surface area (Å²) in [4.78, 5) is 31.4. The van der Waals surface area contributed by atoms with Gasteiger partial charge in [-0.05, 0) is 98.7 Å². The van der Waals surface area contributed by atoms with E-state index in [2.05, 4.69) is 111 Å². The number of carbonyl (C=O) groups excluding carboxylic acids is 2. The Balaban J connectivity index is 1.31. The highest BCUT2D eigenvalue weighted by Crippen LogP contribution is 2.55. The normalized spacial score (nSPS) is 19.3. The highest BCUT2D eigenvalue weighted by molar-refractivity contribution is 7.80. The molecule has 8 rings (SSSR count). The van der Waals surface area contributed by atoms with Crippen molar-refractivity contribution in [1.29, 1.82) is 0 Å². The Morgan fingerprint density at radius 3 is 1.83 bits per heavy atom. The van der Waals surface area contributed by atoms with Crippen LogP contribution in [0.3, 0.4) is 0 Å². The number of carbonyl (C=O) groups is 2. The third-order valence-corrected chi connectivity index (χ3v) is 11.1. The van der Waals surface area contributed by atoms with E-state index in [1.54, 1.807) is 20.2 Å². The number of anilines is 2. The maximum absolute atomic E-state index is 13.2. The summed E-state index contributed by atoms with van der Waals surface area (Å²) >= 11 is 5.31. The van der Waals surface area contributed by atoms with Crippen LogP contribution in [0.5, 0.6) is 0 Å². The van der Waals surface area contributed by atoms with Gasteiger partial charge >= 0.3 is 0 Å². The van der Waals surface area contributed by atoms with Crippen LogP contribution in [0.25, 0.3) is 22.3 Å². The highest BCUT2D eigenvalue weighted by Gasteiger charge is 2.40. The van der Waals surface area contributed by atoms with Gasteiger partial charge in [-0.2, -0.15) is 0 Å². The van der Waals surface area contributed by atoms with E-state index in [9.17, 15) is 9.59 Å². The van der Waals surface area contributed by atoms with E-state index >= 15 is 0 Å². The van der Waals surface area contributed by atoms with Crippen molar-refractivity contribution in [3.63, 3.8) is 0 Å². The Kier molecular flexibility index (Phi) is 5.98. The number of likely N-dealkylation sites (N-methyl/N-ethyl adjacent to an activating group) is 2. The van der Waals surface area contributed by atoms with Gasteiger partial charge in [0, 0.05) is 48.4 Å². The minimum Gasteiger partial charge on any atom is -0.314 e. The van der Waals surface area contributed by atoms with E-state index in [-0.39, 0.29) is 33.3 Å². The van der Waals surface area contributed by atoms with Crippen LogP contribution in [0.4, 0.5) is 11.4 Å². The summed E-state index contributed by atoms with van der Waals surface area (Å²) in [5.74, 6) is -0.775. The number of nitrogens with zero attached hydrogens (tertiary/aromatic N) is 3. The lowest BCUT2D eigenvalue weighted by Crippen LogP contribution is -2.52. The summed E-state index contributed by atoms with van der Waals surface area (Å²) in [5.41, 5.74) is 14.6. The molecule has 2 aliphatic carbocycles. The van der Waals surface area contributed by atoms with Crippen molar-refractivity contribution < 1.29 is 9.59 Å². The molecule has 4 aromatic carbocycles. The lowest BCUT2D eigenvalue weighted by Gasteiger charge is -2.31. The maximum atomic E-state index is 13.2. The van der Waals surface area contributed by atoms with Crippen molar-refractivity contribution in [3.05, 3.63) is 130 Å². The molecule has 6 heteroatoms. The standard InChI is InChI=1S/C40H35N3O2S/c1-39(2)31-13-9-7-11-26(31)28-17-15-25(21-33(28)39)43-24(16-18-29-36(44)41(5)38(46)42(6)37(29)45)19-23-20-30-27-12-8-10-14-32(27)40(3,4)34(30)22-35(23)43/h7-18,20-22H,19H2,1-6H3/b24-16+. The fourth-order valence-electron chi connectivity index (χ4n) is 8.00. The van der Waals surface area contributed by atoms with Gasteiger partial charge in [-0.25, -0.2) is 0 Å². The molecule has 4 aromatic rings. The van der Waals surface area contributed by atoms with Crippen molar-refractivity contribution in [3.8, 4) is 22.3 Å². The molecular weight excluding hydrogens is 587 g/mol. The topological polar surface area (TPSA) is 43.9 Å². The van der Waals surface area contributed by atoms with Crippen molar-refractivity contribution in [2.45, 2.75) is 44.9 Å². The van der Waals surface area contributed by atoms with Gasteiger partial charge in [0.15, 0.2) is 5.11 Å². The molecule has 1 saturated heterocycles. The number of amides is 2. The first kappa shape index (κ1) is 28.6. The predicted octanol–water partition coefficient (Wildman–Crippen LogP) is 8.02. The summed E-state index contributed by atoms with van der Waals surface area (Å²) in [6.45, 7) is 9.20. The lowest BCUT2D eigenvalue weighted by atomic mass is 9.82. The SMILES string of the molecule is CN1C(=O)C(=C/C=C2\Cc3cc4c(cc3N2c2ccc3c(c2)C(C)(C)c2ccccc2-3)C(C)(C)c2ccccc2-4)C(=O)N(C)C1=S.